The van der Waals surface area contributed by atoms with Crippen LogP contribution in [0.15, 0.2) is 18.2 Å². The summed E-state index contributed by atoms with van der Waals surface area (Å²) in [5.41, 5.74) is 15.0. The van der Waals surface area contributed by atoms with Gasteiger partial charge in [-0.25, -0.2) is 9.97 Å². The predicted molar refractivity (Wildman–Crippen MR) is 179 cm³/mol. The maximum Gasteiger partial charge on any atom is 0.303 e. The van der Waals surface area contributed by atoms with Gasteiger partial charge in [0.25, 0.3) is 5.91 Å². The van der Waals surface area contributed by atoms with Gasteiger partial charge in [0.15, 0.2) is 0 Å². The standard InChI is InChI=1S/C35H39N5O7/c1-14-20(7-9-28(43)44)25-13-26-21(8-10-29(45)46)15(2)23(38-26)12-27-30(18(5)41)17(4)33(40-27)32(35(36)47)34-31(19(6)42)16(3)24(39-34)11-22(14)37-25/h11-13,18-19,37-38,41-42H,7-10H2,1-6H3,(H2,36,47)(H,43,44)(H,45,46). The van der Waals surface area contributed by atoms with Crippen molar-refractivity contribution < 1.29 is 34.8 Å². The number of amides is 1. The number of primary amides is 1. The van der Waals surface area contributed by atoms with Crippen LogP contribution in [0.2, 0.25) is 0 Å². The van der Waals surface area contributed by atoms with Crippen molar-refractivity contribution in [2.75, 3.05) is 0 Å². The van der Waals surface area contributed by atoms with E-state index in [0.29, 0.717) is 55.7 Å². The number of aryl methyl sites for hydroxylation is 4. The summed E-state index contributed by atoms with van der Waals surface area (Å²) >= 11 is 0. The van der Waals surface area contributed by atoms with Gasteiger partial charge in [0.1, 0.15) is 0 Å². The number of aromatic amines is 2. The minimum Gasteiger partial charge on any atom is -0.481 e. The summed E-state index contributed by atoms with van der Waals surface area (Å²) < 4.78 is 0. The third-order valence-corrected chi connectivity index (χ3v) is 9.03. The van der Waals surface area contributed by atoms with Crippen LogP contribution in [-0.4, -0.2) is 70.4 Å². The molecule has 12 heteroatoms. The molecule has 47 heavy (non-hydrogen) atoms. The molecule has 8 N–H and O–H groups in total. The number of carbonyl (C=O) groups is 3. The van der Waals surface area contributed by atoms with Crippen LogP contribution in [0.1, 0.15) is 95.9 Å². The molecule has 2 atom stereocenters. The quantitative estimate of drug-likeness (QED) is 0.172. The van der Waals surface area contributed by atoms with Crippen LogP contribution in [-0.2, 0) is 22.4 Å². The van der Waals surface area contributed by atoms with Crippen molar-refractivity contribution in [2.45, 2.75) is 79.4 Å². The lowest BCUT2D eigenvalue weighted by atomic mass is 9.94. The van der Waals surface area contributed by atoms with E-state index in [0.717, 1.165) is 22.3 Å². The normalized spacial score (nSPS) is 14.5. The largest absolute Gasteiger partial charge is 0.481 e. The van der Waals surface area contributed by atoms with Crippen molar-refractivity contribution in [3.05, 3.63) is 68.8 Å². The fraction of sp³-hybridized carbons (Fsp3) is 0.343. The molecule has 0 fully saturated rings. The Labute approximate surface area is 270 Å². The summed E-state index contributed by atoms with van der Waals surface area (Å²) in [6, 6.07) is 5.39. The first-order chi connectivity index (χ1) is 22.1. The number of allylic oxidation sites excluding steroid dienone is 2. The van der Waals surface area contributed by atoms with Crippen LogP contribution in [0.3, 0.4) is 0 Å². The molecule has 2 unspecified atom stereocenters. The number of fused-ring (bicyclic) bond motifs is 8. The summed E-state index contributed by atoms with van der Waals surface area (Å²) in [7, 11) is 0. The van der Waals surface area contributed by atoms with E-state index in [-0.39, 0.29) is 42.6 Å². The molecule has 0 saturated heterocycles. The zero-order chi connectivity index (χ0) is 34.5. The molecule has 0 saturated carbocycles. The number of nitrogens with one attached hydrogen (secondary N) is 2. The van der Waals surface area contributed by atoms with E-state index >= 15 is 0 Å². The third-order valence-electron chi connectivity index (χ3n) is 9.03. The number of aliphatic carboxylic acids is 2. The minimum atomic E-state index is -1.02. The first kappa shape index (κ1) is 33.3. The van der Waals surface area contributed by atoms with Gasteiger partial charge in [0.2, 0.25) is 0 Å². The molecule has 2 aliphatic rings. The highest BCUT2D eigenvalue weighted by Crippen LogP contribution is 2.40. The van der Waals surface area contributed by atoms with Crippen molar-refractivity contribution in [3.63, 3.8) is 0 Å². The lowest BCUT2D eigenvalue weighted by molar-refractivity contribution is -0.138. The van der Waals surface area contributed by atoms with Crippen LogP contribution in [0.5, 0.6) is 0 Å². The second kappa shape index (κ2) is 12.6. The Morgan fingerprint density at radius 2 is 1.17 bits per heavy atom. The molecule has 3 aromatic heterocycles. The van der Waals surface area contributed by atoms with Gasteiger partial charge in [-0.2, -0.15) is 0 Å². The Bertz CT molecular complexity index is 2080. The van der Waals surface area contributed by atoms with E-state index in [1.807, 2.05) is 19.9 Å². The van der Waals surface area contributed by atoms with Gasteiger partial charge in [-0.3, -0.25) is 14.4 Å². The van der Waals surface area contributed by atoms with Crippen LogP contribution >= 0.6 is 0 Å². The second-order valence-electron chi connectivity index (χ2n) is 12.2. The number of aliphatic hydroxyl groups excluding tert-OH is 2. The molecule has 5 heterocycles. The highest BCUT2D eigenvalue weighted by atomic mass is 16.4. The van der Waals surface area contributed by atoms with Crippen LogP contribution in [0.4, 0.5) is 0 Å². The Morgan fingerprint density at radius 1 is 0.702 bits per heavy atom. The number of nitrogens with two attached hydrogens (primary N) is 1. The number of hydrogen-bond donors (Lipinski definition) is 7. The summed E-state index contributed by atoms with van der Waals surface area (Å²) in [6.45, 7) is 10.4. The van der Waals surface area contributed by atoms with Gasteiger partial charge in [-0.1, -0.05) is 0 Å². The Morgan fingerprint density at radius 3 is 1.62 bits per heavy atom. The summed E-state index contributed by atoms with van der Waals surface area (Å²) in [4.78, 5) is 52.9. The van der Waals surface area contributed by atoms with E-state index in [1.54, 1.807) is 39.8 Å². The van der Waals surface area contributed by atoms with Crippen molar-refractivity contribution in [1.82, 2.24) is 19.9 Å². The molecule has 3 aromatic rings. The first-order valence-corrected chi connectivity index (χ1v) is 15.4. The second-order valence-corrected chi connectivity index (χ2v) is 12.2. The molecular weight excluding hydrogens is 602 g/mol. The SMILES string of the molecule is CC1=C(C(C)O)c2nc1cc1[nH]c(cc3[nH]c(cc4nc(c2C(N)=O)C(C)=C4C(C)O)c(C)c3CCC(=O)O)c(CCC(=O)O)c1C. The molecule has 8 bridgehead atoms. The topological polar surface area (TPSA) is 216 Å². The lowest BCUT2D eigenvalue weighted by Gasteiger charge is -2.12. The molecule has 0 radical (unpaired) electrons. The van der Waals surface area contributed by atoms with E-state index in [9.17, 15) is 34.8 Å². The van der Waals surface area contributed by atoms with Gasteiger partial charge in [-0.05, 0) is 106 Å². The molecule has 0 aromatic carbocycles. The number of hydrogen-bond acceptors (Lipinski definition) is 7. The zero-order valence-corrected chi connectivity index (χ0v) is 27.2. The first-order valence-electron chi connectivity index (χ1n) is 15.4. The Hall–Kier alpha value is -5.07. The van der Waals surface area contributed by atoms with Gasteiger partial charge in [0.05, 0.1) is 40.5 Å². The molecule has 5 rings (SSSR count). The fourth-order valence-electron chi connectivity index (χ4n) is 6.65. The maximum atomic E-state index is 13.2. The third kappa shape index (κ3) is 6.09. The molecule has 0 aliphatic carbocycles. The van der Waals surface area contributed by atoms with E-state index < -0.39 is 30.1 Å². The minimum absolute atomic E-state index is 0.000199. The molecule has 0 spiro atoms. The number of H-pyrrole nitrogens is 2. The highest BCUT2D eigenvalue weighted by molar-refractivity contribution is 6.08. The Kier molecular flexibility index (Phi) is 8.94. The summed E-state index contributed by atoms with van der Waals surface area (Å²) in [5.74, 6) is -2.71. The smallest absolute Gasteiger partial charge is 0.303 e. The molecule has 1 amide bonds. The van der Waals surface area contributed by atoms with Crippen molar-refractivity contribution in [3.8, 4) is 0 Å². The van der Waals surface area contributed by atoms with E-state index in [1.165, 1.54) is 0 Å². The molecular formula is C35H39N5O7. The lowest BCUT2D eigenvalue weighted by Crippen LogP contribution is -2.18. The highest BCUT2D eigenvalue weighted by Gasteiger charge is 2.31. The van der Waals surface area contributed by atoms with Gasteiger partial charge in [-0.15, -0.1) is 0 Å². The van der Waals surface area contributed by atoms with Gasteiger partial charge < -0.3 is 36.1 Å². The number of rotatable bonds is 9. The number of carbonyl (C=O) groups excluding carboxylic acids is 1. The van der Waals surface area contributed by atoms with E-state index in [2.05, 4.69) is 9.97 Å². The monoisotopic (exact) mass is 641 g/mol. The summed E-state index contributed by atoms with van der Waals surface area (Å²) in [5, 5.41) is 40.8. The van der Waals surface area contributed by atoms with Crippen LogP contribution < -0.4 is 5.73 Å². The molecule has 2 aliphatic heterocycles. The molecule has 12 nitrogen and oxygen atoms in total. The predicted octanol–water partition coefficient (Wildman–Crippen LogP) is 4.69. The number of aliphatic hydroxyl groups is 2. The average Bonchev–Trinajstić information content (AvgIpc) is 3.64. The number of nitrogens with zero attached hydrogens (tertiary/aromatic N) is 2. The Balaban J connectivity index is 2.05. The van der Waals surface area contributed by atoms with Crippen LogP contribution in [0.25, 0.3) is 44.4 Å². The average molecular weight is 642 g/mol. The van der Waals surface area contributed by atoms with E-state index in [4.69, 9.17) is 15.7 Å². The van der Waals surface area contributed by atoms with Crippen molar-refractivity contribution in [1.29, 1.82) is 0 Å². The number of aromatic nitrogens is 4. The van der Waals surface area contributed by atoms with Crippen molar-refractivity contribution >= 4 is 62.2 Å². The van der Waals surface area contributed by atoms with Crippen molar-refractivity contribution in [2.24, 2.45) is 5.73 Å². The van der Waals surface area contributed by atoms with Gasteiger partial charge in [0, 0.05) is 46.1 Å². The maximum absolute atomic E-state index is 13.2. The fourth-order valence-corrected chi connectivity index (χ4v) is 6.65. The molecule has 246 valence electrons. The zero-order valence-electron chi connectivity index (χ0n) is 27.2. The van der Waals surface area contributed by atoms with Gasteiger partial charge >= 0.3 is 11.9 Å². The summed E-state index contributed by atoms with van der Waals surface area (Å²) in [6.07, 6.45) is -1.76. The number of carboxylic acids is 2. The van der Waals surface area contributed by atoms with Crippen LogP contribution in [0, 0.1) is 13.8 Å². The number of carboxylic acid groups (broad SMARTS) is 2.